The SMILES string of the molecule is N#Cc1c[nH]c(C(=O)NCc2noc([C@@H]3CCCO3)n2)c1. The van der Waals surface area contributed by atoms with Gasteiger partial charge in [0.05, 0.1) is 12.1 Å². The molecule has 1 fully saturated rings. The van der Waals surface area contributed by atoms with Crippen molar-refractivity contribution in [3.8, 4) is 6.07 Å². The van der Waals surface area contributed by atoms with E-state index in [0.717, 1.165) is 12.8 Å². The van der Waals surface area contributed by atoms with Crippen LogP contribution in [0.2, 0.25) is 0 Å². The molecule has 2 aromatic rings. The topological polar surface area (TPSA) is 117 Å². The third-order valence-corrected chi connectivity index (χ3v) is 3.15. The van der Waals surface area contributed by atoms with Crippen molar-refractivity contribution in [2.24, 2.45) is 0 Å². The zero-order valence-electron chi connectivity index (χ0n) is 11.1. The molecule has 8 heteroatoms. The minimum absolute atomic E-state index is 0.136. The number of aromatic nitrogens is 3. The Labute approximate surface area is 120 Å². The van der Waals surface area contributed by atoms with Crippen LogP contribution in [-0.2, 0) is 11.3 Å². The fourth-order valence-electron chi connectivity index (χ4n) is 2.09. The Morgan fingerprint density at radius 1 is 1.62 bits per heavy atom. The number of hydrogen-bond donors (Lipinski definition) is 2. The highest BCUT2D eigenvalue weighted by atomic mass is 16.5. The largest absolute Gasteiger partial charge is 0.368 e. The van der Waals surface area contributed by atoms with Gasteiger partial charge < -0.3 is 19.6 Å². The molecule has 8 nitrogen and oxygen atoms in total. The average Bonchev–Trinajstić information content (AvgIpc) is 3.24. The number of rotatable bonds is 4. The quantitative estimate of drug-likeness (QED) is 0.868. The van der Waals surface area contributed by atoms with Gasteiger partial charge in [0.2, 0.25) is 0 Å². The predicted molar refractivity (Wildman–Crippen MR) is 68.9 cm³/mol. The van der Waals surface area contributed by atoms with Crippen molar-refractivity contribution in [1.29, 1.82) is 5.26 Å². The number of nitriles is 1. The number of hydrogen-bond acceptors (Lipinski definition) is 6. The summed E-state index contributed by atoms with van der Waals surface area (Å²) in [6.07, 6.45) is 3.18. The van der Waals surface area contributed by atoms with Gasteiger partial charge in [-0.2, -0.15) is 10.2 Å². The molecule has 1 saturated heterocycles. The second-order valence-corrected chi connectivity index (χ2v) is 4.65. The molecular weight excluding hydrogens is 274 g/mol. The van der Waals surface area contributed by atoms with Crippen molar-refractivity contribution < 1.29 is 14.1 Å². The summed E-state index contributed by atoms with van der Waals surface area (Å²) in [6.45, 7) is 0.850. The summed E-state index contributed by atoms with van der Waals surface area (Å²) in [4.78, 5) is 18.8. The summed E-state index contributed by atoms with van der Waals surface area (Å²) in [5, 5.41) is 15.2. The van der Waals surface area contributed by atoms with Crippen molar-refractivity contribution in [2.75, 3.05) is 6.61 Å². The molecule has 2 aromatic heterocycles. The summed E-state index contributed by atoms with van der Waals surface area (Å²) in [6, 6.07) is 3.42. The maximum atomic E-state index is 11.8. The van der Waals surface area contributed by atoms with E-state index in [1.54, 1.807) is 0 Å². The molecule has 2 N–H and O–H groups in total. The number of carbonyl (C=O) groups excluding carboxylic acids is 1. The van der Waals surface area contributed by atoms with Gasteiger partial charge in [-0.15, -0.1) is 0 Å². The molecule has 0 aromatic carbocycles. The molecule has 1 aliphatic rings. The van der Waals surface area contributed by atoms with E-state index in [9.17, 15) is 4.79 Å². The number of ether oxygens (including phenoxy) is 1. The second-order valence-electron chi connectivity index (χ2n) is 4.65. The van der Waals surface area contributed by atoms with Crippen molar-refractivity contribution in [3.63, 3.8) is 0 Å². The minimum atomic E-state index is -0.333. The van der Waals surface area contributed by atoms with Crippen molar-refractivity contribution in [3.05, 3.63) is 35.2 Å². The van der Waals surface area contributed by atoms with Crippen LogP contribution in [0.15, 0.2) is 16.8 Å². The average molecular weight is 287 g/mol. The Kier molecular flexibility index (Phi) is 3.66. The smallest absolute Gasteiger partial charge is 0.268 e. The lowest BCUT2D eigenvalue weighted by Gasteiger charge is -2.01. The zero-order valence-corrected chi connectivity index (χ0v) is 11.1. The summed E-state index contributed by atoms with van der Waals surface area (Å²) < 4.78 is 10.6. The van der Waals surface area contributed by atoms with Gasteiger partial charge in [-0.3, -0.25) is 4.79 Å². The number of carbonyl (C=O) groups is 1. The number of H-pyrrole nitrogens is 1. The first-order valence-electron chi connectivity index (χ1n) is 6.57. The third kappa shape index (κ3) is 2.93. The molecule has 1 atom stereocenters. The number of nitrogens with one attached hydrogen (secondary N) is 2. The molecule has 0 radical (unpaired) electrons. The van der Waals surface area contributed by atoms with Crippen LogP contribution in [0, 0.1) is 11.3 Å². The van der Waals surface area contributed by atoms with E-state index in [2.05, 4.69) is 20.4 Å². The Balaban J connectivity index is 1.57. The zero-order chi connectivity index (χ0) is 14.7. The van der Waals surface area contributed by atoms with E-state index in [1.165, 1.54) is 12.3 Å². The highest BCUT2D eigenvalue weighted by molar-refractivity contribution is 5.92. The van der Waals surface area contributed by atoms with Crippen LogP contribution in [0.1, 0.15) is 46.7 Å². The maximum absolute atomic E-state index is 11.8. The highest BCUT2D eigenvalue weighted by Crippen LogP contribution is 2.26. The van der Waals surface area contributed by atoms with Crippen LogP contribution in [0.5, 0.6) is 0 Å². The number of aromatic amines is 1. The molecule has 0 aliphatic carbocycles. The molecule has 3 rings (SSSR count). The monoisotopic (exact) mass is 287 g/mol. The van der Waals surface area contributed by atoms with Crippen molar-refractivity contribution in [2.45, 2.75) is 25.5 Å². The Hall–Kier alpha value is -2.66. The lowest BCUT2D eigenvalue weighted by Crippen LogP contribution is -2.23. The van der Waals surface area contributed by atoms with E-state index in [1.807, 2.05) is 6.07 Å². The molecule has 0 saturated carbocycles. The van der Waals surface area contributed by atoms with Crippen LogP contribution >= 0.6 is 0 Å². The van der Waals surface area contributed by atoms with Gasteiger partial charge in [-0.25, -0.2) is 0 Å². The van der Waals surface area contributed by atoms with Crippen molar-refractivity contribution >= 4 is 5.91 Å². The first kappa shape index (κ1) is 13.3. The number of nitrogens with zero attached hydrogens (tertiary/aromatic N) is 3. The lowest BCUT2D eigenvalue weighted by atomic mass is 10.2. The molecule has 0 spiro atoms. The Morgan fingerprint density at radius 3 is 3.24 bits per heavy atom. The van der Waals surface area contributed by atoms with Gasteiger partial charge >= 0.3 is 0 Å². The Bertz CT molecular complexity index is 678. The van der Waals surface area contributed by atoms with Crippen LogP contribution in [-0.4, -0.2) is 27.6 Å². The molecule has 0 bridgehead atoms. The molecule has 108 valence electrons. The minimum Gasteiger partial charge on any atom is -0.368 e. The fourth-order valence-corrected chi connectivity index (χ4v) is 2.09. The first-order valence-corrected chi connectivity index (χ1v) is 6.57. The maximum Gasteiger partial charge on any atom is 0.268 e. The van der Waals surface area contributed by atoms with Crippen LogP contribution in [0.3, 0.4) is 0 Å². The molecular formula is C13H13N5O3. The lowest BCUT2D eigenvalue weighted by molar-refractivity contribution is 0.0835. The van der Waals surface area contributed by atoms with Gasteiger partial charge in [-0.1, -0.05) is 5.16 Å². The fraction of sp³-hybridized carbons (Fsp3) is 0.385. The van der Waals surface area contributed by atoms with Gasteiger partial charge in [0.25, 0.3) is 11.8 Å². The van der Waals surface area contributed by atoms with E-state index in [4.69, 9.17) is 14.5 Å². The molecule has 1 amide bonds. The van der Waals surface area contributed by atoms with Gasteiger partial charge in [0, 0.05) is 12.8 Å². The van der Waals surface area contributed by atoms with E-state index in [0.29, 0.717) is 29.6 Å². The molecule has 21 heavy (non-hydrogen) atoms. The van der Waals surface area contributed by atoms with Gasteiger partial charge in [-0.05, 0) is 18.9 Å². The standard InChI is InChI=1S/C13H13N5O3/c14-5-8-4-9(15-6-8)12(19)16-7-11-17-13(21-18-11)10-2-1-3-20-10/h4,6,10,15H,1-3,7H2,(H,16,19)/t10-/m0/s1. The van der Waals surface area contributed by atoms with Gasteiger partial charge in [0.15, 0.2) is 5.82 Å². The summed E-state index contributed by atoms with van der Waals surface area (Å²) in [5.41, 5.74) is 0.717. The Morgan fingerprint density at radius 2 is 2.52 bits per heavy atom. The van der Waals surface area contributed by atoms with E-state index < -0.39 is 0 Å². The number of amides is 1. The third-order valence-electron chi connectivity index (χ3n) is 3.15. The summed E-state index contributed by atoms with van der Waals surface area (Å²) >= 11 is 0. The van der Waals surface area contributed by atoms with Crippen LogP contribution < -0.4 is 5.32 Å². The van der Waals surface area contributed by atoms with E-state index in [-0.39, 0.29) is 18.6 Å². The second kappa shape index (κ2) is 5.76. The molecule has 1 aliphatic heterocycles. The van der Waals surface area contributed by atoms with E-state index >= 15 is 0 Å². The van der Waals surface area contributed by atoms with Crippen molar-refractivity contribution in [1.82, 2.24) is 20.4 Å². The first-order chi connectivity index (χ1) is 10.3. The van der Waals surface area contributed by atoms with Crippen LogP contribution in [0.25, 0.3) is 0 Å². The van der Waals surface area contributed by atoms with Gasteiger partial charge in [0.1, 0.15) is 17.9 Å². The van der Waals surface area contributed by atoms with Crippen LogP contribution in [0.4, 0.5) is 0 Å². The molecule has 0 unspecified atom stereocenters. The predicted octanol–water partition coefficient (Wildman–Crippen LogP) is 1.05. The molecule has 3 heterocycles. The summed E-state index contributed by atoms with van der Waals surface area (Å²) in [7, 11) is 0. The highest BCUT2D eigenvalue weighted by Gasteiger charge is 2.23. The summed E-state index contributed by atoms with van der Waals surface area (Å²) in [5.74, 6) is 0.504. The normalized spacial score (nSPS) is 17.6.